The minimum atomic E-state index is -3.51. The number of rotatable bonds is 4. The van der Waals surface area contributed by atoms with Gasteiger partial charge in [-0.2, -0.15) is 4.31 Å². The fraction of sp³-hybridized carbons (Fsp3) is 0.474. The number of nitrogens with zero attached hydrogens (tertiary/aromatic N) is 3. The highest BCUT2D eigenvalue weighted by atomic mass is 32.2. The van der Waals surface area contributed by atoms with Crippen LogP contribution in [0, 0.1) is 13.8 Å². The van der Waals surface area contributed by atoms with E-state index in [9.17, 15) is 8.42 Å². The van der Waals surface area contributed by atoms with Crippen molar-refractivity contribution in [3.8, 4) is 5.88 Å². The molecule has 0 bridgehead atoms. The Kier molecular flexibility index (Phi) is 4.65. The Morgan fingerprint density at radius 2 is 1.93 bits per heavy atom. The molecule has 2 saturated heterocycles. The number of hydrogen-bond donors (Lipinski definition) is 0. The zero-order valence-electron chi connectivity index (χ0n) is 15.5. The van der Waals surface area contributed by atoms with Crippen LogP contribution in [0.25, 0.3) is 0 Å². The smallest absolute Gasteiger partial charge is 0.243 e. The summed E-state index contributed by atoms with van der Waals surface area (Å²) in [6, 6.07) is 5.40. The Balaban J connectivity index is 1.44. The lowest BCUT2D eigenvalue weighted by Crippen LogP contribution is -2.67. The number of aromatic nitrogens is 2. The molecule has 27 heavy (non-hydrogen) atoms. The molecule has 3 heterocycles. The van der Waals surface area contributed by atoms with Gasteiger partial charge in [0, 0.05) is 38.3 Å². The van der Waals surface area contributed by atoms with Crippen LogP contribution in [0.3, 0.4) is 0 Å². The van der Waals surface area contributed by atoms with Crippen LogP contribution in [0.1, 0.15) is 24.0 Å². The van der Waals surface area contributed by atoms with E-state index in [1.165, 1.54) is 4.31 Å². The Morgan fingerprint density at radius 3 is 2.59 bits per heavy atom. The molecule has 2 aliphatic heterocycles. The minimum absolute atomic E-state index is 0.0541. The summed E-state index contributed by atoms with van der Waals surface area (Å²) >= 11 is 0. The molecule has 0 radical (unpaired) electrons. The van der Waals surface area contributed by atoms with Gasteiger partial charge in [-0.3, -0.25) is 4.98 Å². The second-order valence-corrected chi connectivity index (χ2v) is 9.34. The number of aryl methyl sites for hydroxylation is 2. The summed E-state index contributed by atoms with van der Waals surface area (Å²) in [4.78, 5) is 8.49. The van der Waals surface area contributed by atoms with Crippen molar-refractivity contribution < 1.29 is 17.9 Å². The van der Waals surface area contributed by atoms with E-state index in [4.69, 9.17) is 9.47 Å². The molecule has 2 aromatic rings. The van der Waals surface area contributed by atoms with Gasteiger partial charge in [0.25, 0.3) is 0 Å². The molecule has 0 saturated carbocycles. The highest BCUT2D eigenvalue weighted by Crippen LogP contribution is 2.38. The van der Waals surface area contributed by atoms with Gasteiger partial charge in [-0.15, -0.1) is 0 Å². The zero-order chi connectivity index (χ0) is 19.1. The molecule has 0 aliphatic carbocycles. The van der Waals surface area contributed by atoms with Crippen molar-refractivity contribution in [1.29, 1.82) is 0 Å². The molecule has 1 unspecified atom stereocenters. The van der Waals surface area contributed by atoms with Gasteiger partial charge in [0.05, 0.1) is 23.3 Å². The largest absolute Gasteiger partial charge is 0.473 e. The maximum Gasteiger partial charge on any atom is 0.243 e. The predicted octanol–water partition coefficient (Wildman–Crippen LogP) is 2.09. The number of hydrogen-bond acceptors (Lipinski definition) is 6. The van der Waals surface area contributed by atoms with Crippen molar-refractivity contribution in [2.75, 3.05) is 19.7 Å². The maximum absolute atomic E-state index is 12.9. The highest BCUT2D eigenvalue weighted by molar-refractivity contribution is 7.89. The summed E-state index contributed by atoms with van der Waals surface area (Å²) in [6.07, 6.45) is 6.11. The van der Waals surface area contributed by atoms with Gasteiger partial charge in [-0.1, -0.05) is 6.07 Å². The van der Waals surface area contributed by atoms with Crippen LogP contribution >= 0.6 is 0 Å². The molecule has 2 fully saturated rings. The first-order valence-corrected chi connectivity index (χ1v) is 10.5. The van der Waals surface area contributed by atoms with Crippen LogP contribution < -0.4 is 4.74 Å². The highest BCUT2D eigenvalue weighted by Gasteiger charge is 2.52. The third-order valence-electron chi connectivity index (χ3n) is 5.04. The van der Waals surface area contributed by atoms with Crippen molar-refractivity contribution in [3.63, 3.8) is 0 Å². The number of benzene rings is 1. The van der Waals surface area contributed by atoms with Crippen molar-refractivity contribution in [2.24, 2.45) is 0 Å². The number of sulfonamides is 1. The second-order valence-electron chi connectivity index (χ2n) is 7.40. The quantitative estimate of drug-likeness (QED) is 0.796. The summed E-state index contributed by atoms with van der Waals surface area (Å²) < 4.78 is 39.2. The van der Waals surface area contributed by atoms with Gasteiger partial charge in [0.1, 0.15) is 6.10 Å². The Morgan fingerprint density at radius 1 is 1.19 bits per heavy atom. The minimum Gasteiger partial charge on any atom is -0.473 e. The van der Waals surface area contributed by atoms with E-state index in [2.05, 4.69) is 9.97 Å². The lowest BCUT2D eigenvalue weighted by molar-refractivity contribution is -0.165. The molecular formula is C19H23N3O4S. The van der Waals surface area contributed by atoms with Gasteiger partial charge >= 0.3 is 0 Å². The predicted molar refractivity (Wildman–Crippen MR) is 99.0 cm³/mol. The summed E-state index contributed by atoms with van der Waals surface area (Å²) in [5.41, 5.74) is 1.40. The van der Waals surface area contributed by atoms with E-state index in [-0.39, 0.29) is 6.10 Å². The van der Waals surface area contributed by atoms with E-state index < -0.39 is 15.6 Å². The second kappa shape index (κ2) is 6.85. The monoisotopic (exact) mass is 389 g/mol. The van der Waals surface area contributed by atoms with Crippen LogP contribution in [0.15, 0.2) is 41.7 Å². The van der Waals surface area contributed by atoms with Gasteiger partial charge in [0.15, 0.2) is 0 Å². The van der Waals surface area contributed by atoms with E-state index in [1.54, 1.807) is 30.7 Å². The molecule has 0 N–H and O–H groups in total. The van der Waals surface area contributed by atoms with Crippen LogP contribution in [-0.2, 0) is 14.8 Å². The standard InChI is InChI=1S/C19H23N3O4S/c1-14-7-15(2)9-17(8-14)27(23,24)22-12-19(13-22)10-16(3-6-25-19)26-18-11-20-4-5-21-18/h4-5,7-9,11,16H,3,6,10,12-13H2,1-2H3. The SMILES string of the molecule is Cc1cc(C)cc(S(=O)(=O)N2CC3(CC(Oc4cnccn4)CCO3)C2)c1. The van der Waals surface area contributed by atoms with Gasteiger partial charge in [0.2, 0.25) is 15.9 Å². The average Bonchev–Trinajstić information content (AvgIpc) is 2.60. The molecule has 144 valence electrons. The number of ether oxygens (including phenoxy) is 2. The maximum atomic E-state index is 12.9. The van der Waals surface area contributed by atoms with Crippen molar-refractivity contribution in [2.45, 2.75) is 43.3 Å². The van der Waals surface area contributed by atoms with E-state index >= 15 is 0 Å². The summed E-state index contributed by atoms with van der Waals surface area (Å²) in [5, 5.41) is 0. The fourth-order valence-electron chi connectivity index (χ4n) is 3.82. The topological polar surface area (TPSA) is 81.6 Å². The van der Waals surface area contributed by atoms with Gasteiger partial charge in [-0.05, 0) is 37.1 Å². The van der Waals surface area contributed by atoms with Gasteiger partial charge < -0.3 is 9.47 Å². The Bertz CT molecular complexity index is 907. The van der Waals surface area contributed by atoms with Crippen molar-refractivity contribution >= 4 is 10.0 Å². The summed E-state index contributed by atoms with van der Waals surface area (Å²) in [6.45, 7) is 5.05. The molecule has 8 heteroatoms. The summed E-state index contributed by atoms with van der Waals surface area (Å²) in [5.74, 6) is 0.485. The zero-order valence-corrected chi connectivity index (χ0v) is 16.3. The van der Waals surface area contributed by atoms with Crippen molar-refractivity contribution in [3.05, 3.63) is 47.9 Å². The lowest BCUT2D eigenvalue weighted by Gasteiger charge is -2.51. The molecule has 7 nitrogen and oxygen atoms in total. The van der Waals surface area contributed by atoms with Crippen LogP contribution in [-0.4, -0.2) is 54.1 Å². The molecule has 1 aromatic carbocycles. The first kappa shape index (κ1) is 18.3. The fourth-order valence-corrected chi connectivity index (χ4v) is 5.60. The van der Waals surface area contributed by atoms with Crippen molar-refractivity contribution in [1.82, 2.24) is 14.3 Å². The molecule has 1 atom stereocenters. The van der Waals surface area contributed by atoms with E-state index in [1.807, 2.05) is 19.9 Å². The van der Waals surface area contributed by atoms with Gasteiger partial charge in [-0.25, -0.2) is 13.4 Å². The third kappa shape index (κ3) is 3.69. The molecule has 1 aromatic heterocycles. The molecule has 2 aliphatic rings. The normalized spacial score (nSPS) is 22.4. The first-order valence-electron chi connectivity index (χ1n) is 9.01. The third-order valence-corrected chi connectivity index (χ3v) is 6.81. The molecule has 1 spiro atoms. The molecular weight excluding hydrogens is 366 g/mol. The average molecular weight is 389 g/mol. The Labute approximate surface area is 159 Å². The van der Waals surface area contributed by atoms with E-state index in [0.717, 1.165) is 17.5 Å². The van der Waals surface area contributed by atoms with Crippen LogP contribution in [0.5, 0.6) is 5.88 Å². The Hall–Kier alpha value is -2.03. The molecule has 0 amide bonds. The molecule has 4 rings (SSSR count). The summed E-state index contributed by atoms with van der Waals surface area (Å²) in [7, 11) is -3.51. The van der Waals surface area contributed by atoms with E-state index in [0.29, 0.717) is 36.9 Å². The lowest BCUT2D eigenvalue weighted by atomic mass is 9.86. The van der Waals surface area contributed by atoms with Crippen LogP contribution in [0.2, 0.25) is 0 Å². The van der Waals surface area contributed by atoms with Crippen LogP contribution in [0.4, 0.5) is 0 Å². The first-order chi connectivity index (χ1) is 12.9.